The van der Waals surface area contributed by atoms with E-state index < -0.39 is 0 Å². The van der Waals surface area contributed by atoms with E-state index in [4.69, 9.17) is 0 Å². The molecule has 4 nitrogen and oxygen atoms in total. The summed E-state index contributed by atoms with van der Waals surface area (Å²) in [6, 6.07) is 15.4. The molecule has 3 heterocycles. The van der Waals surface area contributed by atoms with Crippen molar-refractivity contribution in [2.75, 3.05) is 49.1 Å². The first-order valence-electron chi connectivity index (χ1n) is 13.2. The number of aromatic nitrogens is 1. The lowest BCUT2D eigenvalue weighted by molar-refractivity contribution is 0.101. The summed E-state index contributed by atoms with van der Waals surface area (Å²) in [5, 5.41) is 1.33. The van der Waals surface area contributed by atoms with E-state index in [1.807, 2.05) is 6.07 Å². The SMILES string of the molecule is CC(=O)c1ccc2c(C3CC=CCC3)c3n(c2c1)CCN(CCN1CCSCC1)c1ccccc1-3. The van der Waals surface area contributed by atoms with Crippen LogP contribution in [0.15, 0.2) is 54.6 Å². The zero-order chi connectivity index (χ0) is 23.8. The third-order valence-corrected chi connectivity index (χ3v) is 9.01. The van der Waals surface area contributed by atoms with Gasteiger partial charge in [0.05, 0.1) is 5.69 Å². The van der Waals surface area contributed by atoms with Crippen LogP contribution in [0.1, 0.15) is 48.0 Å². The number of hydrogen-bond acceptors (Lipinski definition) is 4. The molecule has 2 aliphatic heterocycles. The lowest BCUT2D eigenvalue weighted by Gasteiger charge is -2.31. The Balaban J connectivity index is 1.47. The number of fused-ring (bicyclic) bond motifs is 5. The molecule has 0 spiro atoms. The summed E-state index contributed by atoms with van der Waals surface area (Å²) in [6.45, 7) is 8.21. The van der Waals surface area contributed by atoms with Crippen molar-refractivity contribution in [1.82, 2.24) is 9.47 Å². The van der Waals surface area contributed by atoms with Gasteiger partial charge in [-0.15, -0.1) is 0 Å². The van der Waals surface area contributed by atoms with E-state index in [1.165, 1.54) is 64.4 Å². The monoisotopic (exact) mass is 485 g/mol. The molecule has 3 aromatic rings. The molecule has 0 radical (unpaired) electrons. The highest BCUT2D eigenvalue weighted by molar-refractivity contribution is 7.99. The van der Waals surface area contributed by atoms with Gasteiger partial charge >= 0.3 is 0 Å². The van der Waals surface area contributed by atoms with Crippen molar-refractivity contribution in [2.24, 2.45) is 0 Å². The number of para-hydroxylation sites is 1. The minimum absolute atomic E-state index is 0.139. The van der Waals surface area contributed by atoms with Gasteiger partial charge in [-0.05, 0) is 49.8 Å². The molecule has 5 heteroatoms. The molecule has 2 aromatic carbocycles. The fraction of sp³-hybridized carbons (Fsp3) is 0.433. The highest BCUT2D eigenvalue weighted by atomic mass is 32.2. The minimum Gasteiger partial charge on any atom is -0.368 e. The van der Waals surface area contributed by atoms with Gasteiger partial charge in [0.2, 0.25) is 0 Å². The highest BCUT2D eigenvalue weighted by Crippen LogP contribution is 2.46. The molecule has 1 saturated heterocycles. The number of allylic oxidation sites excluding steroid dienone is 2. The summed E-state index contributed by atoms with van der Waals surface area (Å²) in [6.07, 6.45) is 8.12. The molecule has 6 rings (SSSR count). The second-order valence-electron chi connectivity index (χ2n) is 10.1. The molecule has 0 amide bonds. The van der Waals surface area contributed by atoms with Crippen molar-refractivity contribution in [2.45, 2.75) is 38.6 Å². The number of hydrogen-bond donors (Lipinski definition) is 0. The second kappa shape index (κ2) is 9.87. The lowest BCUT2D eigenvalue weighted by Crippen LogP contribution is -2.40. The normalized spacial score (nSPS) is 20.5. The van der Waals surface area contributed by atoms with Crippen LogP contribution < -0.4 is 4.90 Å². The molecule has 1 aromatic heterocycles. The predicted octanol–water partition coefficient (Wildman–Crippen LogP) is 6.20. The van der Waals surface area contributed by atoms with Crippen molar-refractivity contribution in [3.05, 3.63) is 65.7 Å². The smallest absolute Gasteiger partial charge is 0.159 e. The van der Waals surface area contributed by atoms with Crippen LogP contribution in [0.4, 0.5) is 5.69 Å². The van der Waals surface area contributed by atoms with Crippen molar-refractivity contribution >= 4 is 34.1 Å². The number of carbonyl (C=O) groups excluding carboxylic acids is 1. The van der Waals surface area contributed by atoms with E-state index in [9.17, 15) is 4.79 Å². The van der Waals surface area contributed by atoms with Crippen LogP contribution in [0.5, 0.6) is 0 Å². The maximum atomic E-state index is 12.3. The van der Waals surface area contributed by atoms with Gasteiger partial charge in [0.15, 0.2) is 5.78 Å². The van der Waals surface area contributed by atoms with Crippen LogP contribution in [0.25, 0.3) is 22.2 Å². The van der Waals surface area contributed by atoms with Gasteiger partial charge in [0.25, 0.3) is 0 Å². The zero-order valence-electron chi connectivity index (χ0n) is 20.7. The Labute approximate surface area is 213 Å². The quantitative estimate of drug-likeness (QED) is 0.318. The third-order valence-electron chi connectivity index (χ3n) is 8.07. The summed E-state index contributed by atoms with van der Waals surface area (Å²) in [5.41, 5.74) is 7.62. The second-order valence-corrected chi connectivity index (χ2v) is 11.4. The largest absolute Gasteiger partial charge is 0.368 e. The van der Waals surface area contributed by atoms with Crippen LogP contribution >= 0.6 is 11.8 Å². The summed E-state index contributed by atoms with van der Waals surface area (Å²) >= 11 is 2.08. The molecule has 3 aliphatic rings. The van der Waals surface area contributed by atoms with Crippen LogP contribution in [0.2, 0.25) is 0 Å². The van der Waals surface area contributed by atoms with Crippen molar-refractivity contribution in [3.63, 3.8) is 0 Å². The van der Waals surface area contributed by atoms with Crippen LogP contribution in [-0.2, 0) is 6.54 Å². The summed E-state index contributed by atoms with van der Waals surface area (Å²) in [5.74, 6) is 3.17. The Kier molecular flexibility index (Phi) is 6.46. The molecule has 1 unspecified atom stereocenters. The number of carbonyl (C=O) groups is 1. The minimum atomic E-state index is 0.139. The van der Waals surface area contributed by atoms with E-state index in [2.05, 4.69) is 74.7 Å². The van der Waals surface area contributed by atoms with Gasteiger partial charge in [-0.2, -0.15) is 11.8 Å². The Morgan fingerprint density at radius 3 is 2.66 bits per heavy atom. The lowest BCUT2D eigenvalue weighted by atomic mass is 9.84. The van der Waals surface area contributed by atoms with Gasteiger partial charge in [0, 0.05) is 78.5 Å². The molecule has 0 saturated carbocycles. The number of benzene rings is 2. The van der Waals surface area contributed by atoms with E-state index >= 15 is 0 Å². The van der Waals surface area contributed by atoms with Gasteiger partial charge in [-0.25, -0.2) is 0 Å². The fourth-order valence-electron chi connectivity index (χ4n) is 6.20. The number of Topliss-reactive ketones (excluding diaryl/α,β-unsaturated/α-hetero) is 1. The molecule has 1 aliphatic carbocycles. The van der Waals surface area contributed by atoms with E-state index in [0.29, 0.717) is 5.92 Å². The molecular formula is C30H35N3OS. The first-order valence-corrected chi connectivity index (χ1v) is 14.3. The fourth-order valence-corrected chi connectivity index (χ4v) is 7.18. The molecule has 182 valence electrons. The van der Waals surface area contributed by atoms with Gasteiger partial charge < -0.3 is 9.47 Å². The third kappa shape index (κ3) is 4.34. The molecule has 0 bridgehead atoms. The number of ketones is 1. The summed E-state index contributed by atoms with van der Waals surface area (Å²) in [7, 11) is 0. The van der Waals surface area contributed by atoms with Crippen molar-refractivity contribution < 1.29 is 4.79 Å². The standard InChI is InChI=1S/C30H35N3OS/c1-22(34)24-11-12-25-28(21-24)33-16-15-32(14-13-31-17-19-35-20-18-31)27-10-6-5-9-26(27)30(33)29(25)23-7-3-2-4-8-23/h2-3,5-6,9-12,21,23H,4,7-8,13-20H2,1H3. The van der Waals surface area contributed by atoms with Crippen molar-refractivity contribution in [1.29, 1.82) is 0 Å². The zero-order valence-corrected chi connectivity index (χ0v) is 21.5. The summed E-state index contributed by atoms with van der Waals surface area (Å²) < 4.78 is 2.53. The highest BCUT2D eigenvalue weighted by Gasteiger charge is 2.30. The predicted molar refractivity (Wildman–Crippen MR) is 149 cm³/mol. The topological polar surface area (TPSA) is 28.5 Å². The number of anilines is 1. The van der Waals surface area contributed by atoms with Gasteiger partial charge in [0.1, 0.15) is 0 Å². The Morgan fingerprint density at radius 2 is 1.86 bits per heavy atom. The van der Waals surface area contributed by atoms with E-state index in [-0.39, 0.29) is 5.78 Å². The Hall–Kier alpha value is -2.50. The van der Waals surface area contributed by atoms with Gasteiger partial charge in [-0.3, -0.25) is 9.69 Å². The molecule has 35 heavy (non-hydrogen) atoms. The maximum Gasteiger partial charge on any atom is 0.159 e. The molecular weight excluding hydrogens is 450 g/mol. The number of rotatable bonds is 5. The first-order chi connectivity index (χ1) is 17.2. The number of nitrogens with zero attached hydrogens (tertiary/aromatic N) is 3. The van der Waals surface area contributed by atoms with E-state index in [0.717, 1.165) is 44.6 Å². The van der Waals surface area contributed by atoms with E-state index in [1.54, 1.807) is 6.92 Å². The molecule has 1 atom stereocenters. The molecule has 1 fully saturated rings. The Morgan fingerprint density at radius 1 is 1.00 bits per heavy atom. The van der Waals surface area contributed by atoms with Crippen LogP contribution in [0.3, 0.4) is 0 Å². The molecule has 0 N–H and O–H groups in total. The average Bonchev–Trinajstić information content (AvgIpc) is 3.14. The van der Waals surface area contributed by atoms with Crippen molar-refractivity contribution in [3.8, 4) is 11.3 Å². The summed E-state index contributed by atoms with van der Waals surface area (Å²) in [4.78, 5) is 17.5. The Bertz CT molecular complexity index is 1270. The van der Waals surface area contributed by atoms with Gasteiger partial charge in [-0.1, -0.05) is 42.5 Å². The average molecular weight is 486 g/mol. The first kappa shape index (κ1) is 22.9. The maximum absolute atomic E-state index is 12.3. The van der Waals surface area contributed by atoms with Crippen LogP contribution in [-0.4, -0.2) is 59.5 Å². The number of thioether (sulfide) groups is 1. The van der Waals surface area contributed by atoms with Crippen LogP contribution in [0, 0.1) is 0 Å².